The minimum absolute atomic E-state index is 0.00335. The molecule has 9 nitrogen and oxygen atoms in total. The van der Waals surface area contributed by atoms with Gasteiger partial charge in [0, 0.05) is 19.2 Å². The summed E-state index contributed by atoms with van der Waals surface area (Å²) in [5, 5.41) is 21.1. The van der Waals surface area contributed by atoms with Crippen molar-refractivity contribution in [1.29, 1.82) is 0 Å². The van der Waals surface area contributed by atoms with Crippen LogP contribution in [-0.2, 0) is 14.8 Å². The van der Waals surface area contributed by atoms with Crippen LogP contribution in [0, 0.1) is 5.21 Å². The first-order valence-corrected chi connectivity index (χ1v) is 8.30. The highest BCUT2D eigenvalue weighted by molar-refractivity contribution is 7.89. The van der Waals surface area contributed by atoms with Gasteiger partial charge >= 0.3 is 6.09 Å². The number of ether oxygens (including phenoxy) is 1. The number of benzene rings is 1. The lowest BCUT2D eigenvalue weighted by molar-refractivity contribution is -0.992. The van der Waals surface area contributed by atoms with Gasteiger partial charge in [-0.05, 0) is 26.8 Å². The lowest BCUT2D eigenvalue weighted by Crippen LogP contribution is -2.99. The Morgan fingerprint density at radius 1 is 1.30 bits per heavy atom. The van der Waals surface area contributed by atoms with Crippen LogP contribution in [-0.4, -0.2) is 38.4 Å². The van der Waals surface area contributed by atoms with Crippen LogP contribution in [0.2, 0.25) is 0 Å². The van der Waals surface area contributed by atoms with Crippen LogP contribution in [0.5, 0.6) is 0 Å². The number of amides is 1. The molecule has 1 aromatic rings. The van der Waals surface area contributed by atoms with Crippen LogP contribution in [0.25, 0.3) is 0 Å². The van der Waals surface area contributed by atoms with Crippen molar-refractivity contribution in [2.24, 2.45) is 0 Å². The molecular formula is C13H21N3O6S. The summed E-state index contributed by atoms with van der Waals surface area (Å²) in [6.07, 6.45) is -0.664. The maximum Gasteiger partial charge on any atom is 0.407 e. The van der Waals surface area contributed by atoms with Crippen molar-refractivity contribution in [1.82, 2.24) is 10.0 Å². The zero-order chi connectivity index (χ0) is 17.7. The Balaban J connectivity index is 2.59. The first kappa shape index (κ1) is 19.3. The minimum Gasteiger partial charge on any atom is -0.595 e. The van der Waals surface area contributed by atoms with E-state index in [4.69, 9.17) is 9.94 Å². The fourth-order valence-corrected chi connectivity index (χ4v) is 2.85. The van der Waals surface area contributed by atoms with Crippen molar-refractivity contribution in [3.63, 3.8) is 0 Å². The number of nitrogens with one attached hydrogen (secondary N) is 3. The number of para-hydroxylation sites is 1. The molecule has 130 valence electrons. The average molecular weight is 347 g/mol. The second-order valence-corrected chi connectivity index (χ2v) is 7.36. The third-order valence-electron chi connectivity index (χ3n) is 2.49. The van der Waals surface area contributed by atoms with E-state index in [-0.39, 0.29) is 23.7 Å². The standard InChI is InChI=1S/C13H21N3O6S/c1-13(2,3)22-12(17)14-8-9-15-23(20,21)11-7-5-4-6-10(11)16(18)19/h4-7,15-16,18H,8-9H2,1-3H3,(H,14,17). The SMILES string of the molecule is CC(C)(C)OC(=O)NCCNS(=O)(=O)c1ccccc1[NH+]([O-])O. The van der Waals surface area contributed by atoms with Crippen molar-refractivity contribution in [3.8, 4) is 0 Å². The van der Waals surface area contributed by atoms with Crippen molar-refractivity contribution in [2.45, 2.75) is 31.3 Å². The molecule has 0 bridgehead atoms. The van der Waals surface area contributed by atoms with Crippen molar-refractivity contribution >= 4 is 21.8 Å². The van der Waals surface area contributed by atoms with E-state index in [1.165, 1.54) is 24.3 Å². The molecule has 1 amide bonds. The molecule has 0 aromatic heterocycles. The van der Waals surface area contributed by atoms with Gasteiger partial charge in [0.25, 0.3) is 0 Å². The molecule has 0 heterocycles. The molecular weight excluding hydrogens is 326 g/mol. The van der Waals surface area contributed by atoms with Gasteiger partial charge in [0.2, 0.25) is 10.0 Å². The van der Waals surface area contributed by atoms with Crippen molar-refractivity contribution < 1.29 is 28.4 Å². The van der Waals surface area contributed by atoms with Gasteiger partial charge in [-0.15, -0.1) is 0 Å². The normalized spacial score (nSPS) is 13.4. The zero-order valence-corrected chi connectivity index (χ0v) is 13.9. The molecule has 0 saturated heterocycles. The van der Waals surface area contributed by atoms with Gasteiger partial charge in [-0.1, -0.05) is 12.1 Å². The average Bonchev–Trinajstić information content (AvgIpc) is 2.42. The van der Waals surface area contributed by atoms with E-state index in [0.29, 0.717) is 0 Å². The molecule has 0 aliphatic rings. The number of hydrogen-bond donors (Lipinski definition) is 4. The number of alkyl carbamates (subject to hydrolysis) is 1. The Morgan fingerprint density at radius 2 is 1.91 bits per heavy atom. The maximum absolute atomic E-state index is 12.1. The van der Waals surface area contributed by atoms with Gasteiger partial charge in [0.05, 0.1) is 0 Å². The quantitative estimate of drug-likeness (QED) is 0.419. The Labute approximate surface area is 134 Å². The van der Waals surface area contributed by atoms with Crippen molar-refractivity contribution in [3.05, 3.63) is 29.5 Å². The van der Waals surface area contributed by atoms with E-state index in [1.54, 1.807) is 20.8 Å². The summed E-state index contributed by atoms with van der Waals surface area (Å²) in [5.74, 6) is 0. The highest BCUT2D eigenvalue weighted by Gasteiger charge is 2.22. The lowest BCUT2D eigenvalue weighted by Gasteiger charge is -2.19. The fraction of sp³-hybridized carbons (Fsp3) is 0.462. The van der Waals surface area contributed by atoms with Crippen molar-refractivity contribution in [2.75, 3.05) is 13.1 Å². The molecule has 10 heteroatoms. The highest BCUT2D eigenvalue weighted by atomic mass is 32.2. The Morgan fingerprint density at radius 3 is 2.48 bits per heavy atom. The summed E-state index contributed by atoms with van der Waals surface area (Å²) in [7, 11) is -3.99. The topological polar surface area (TPSA) is 132 Å². The zero-order valence-electron chi connectivity index (χ0n) is 13.1. The minimum atomic E-state index is -3.99. The van der Waals surface area contributed by atoms with Gasteiger partial charge in [0.1, 0.15) is 10.5 Å². The molecule has 1 unspecified atom stereocenters. The molecule has 23 heavy (non-hydrogen) atoms. The molecule has 1 aromatic carbocycles. The van der Waals surface area contributed by atoms with Crippen LogP contribution in [0.3, 0.4) is 0 Å². The summed E-state index contributed by atoms with van der Waals surface area (Å²) in [6, 6.07) is 5.27. The van der Waals surface area contributed by atoms with E-state index >= 15 is 0 Å². The number of quaternary nitrogens is 1. The second-order valence-electron chi connectivity index (χ2n) is 5.63. The van der Waals surface area contributed by atoms with E-state index in [2.05, 4.69) is 10.0 Å². The summed E-state index contributed by atoms with van der Waals surface area (Å²) in [6.45, 7) is 5.02. The highest BCUT2D eigenvalue weighted by Crippen LogP contribution is 2.16. The maximum atomic E-state index is 12.1. The van der Waals surface area contributed by atoms with E-state index in [9.17, 15) is 18.4 Å². The summed E-state index contributed by atoms with van der Waals surface area (Å²) < 4.78 is 31.5. The molecule has 0 aliphatic heterocycles. The van der Waals surface area contributed by atoms with Crippen LogP contribution in [0.15, 0.2) is 29.2 Å². The molecule has 0 saturated carbocycles. The number of carbonyl (C=O) groups is 1. The third-order valence-corrected chi connectivity index (χ3v) is 4.01. The molecule has 4 N–H and O–H groups in total. The summed E-state index contributed by atoms with van der Waals surface area (Å²) >= 11 is 0. The van der Waals surface area contributed by atoms with E-state index in [1.807, 2.05) is 0 Å². The van der Waals surface area contributed by atoms with Gasteiger partial charge in [-0.2, -0.15) is 5.23 Å². The first-order chi connectivity index (χ1) is 10.5. The molecule has 1 rings (SSSR count). The molecule has 0 aliphatic carbocycles. The van der Waals surface area contributed by atoms with E-state index < -0.39 is 26.9 Å². The summed E-state index contributed by atoms with van der Waals surface area (Å²) in [4.78, 5) is 11.1. The largest absolute Gasteiger partial charge is 0.595 e. The molecule has 0 fully saturated rings. The number of rotatable bonds is 6. The van der Waals surface area contributed by atoms with Gasteiger partial charge in [-0.3, -0.25) is 0 Å². The van der Waals surface area contributed by atoms with E-state index in [0.717, 1.165) is 0 Å². The van der Waals surface area contributed by atoms with Crippen LogP contribution in [0.4, 0.5) is 10.5 Å². The first-order valence-electron chi connectivity index (χ1n) is 6.82. The third kappa shape index (κ3) is 6.50. The molecule has 1 atom stereocenters. The van der Waals surface area contributed by atoms with Crippen LogP contribution in [0.1, 0.15) is 20.8 Å². The van der Waals surface area contributed by atoms with Gasteiger partial charge in [-0.25, -0.2) is 23.1 Å². The Kier molecular flexibility index (Phi) is 6.47. The Bertz CT molecular complexity index is 639. The summed E-state index contributed by atoms with van der Waals surface area (Å²) in [5.41, 5.74) is -0.968. The molecule has 0 spiro atoms. The smallest absolute Gasteiger partial charge is 0.407 e. The number of hydrogen-bond acceptors (Lipinski definition) is 6. The second kappa shape index (κ2) is 7.70. The fourth-order valence-electron chi connectivity index (χ4n) is 1.62. The van der Waals surface area contributed by atoms with Gasteiger partial charge in [0.15, 0.2) is 5.69 Å². The van der Waals surface area contributed by atoms with Gasteiger partial charge < -0.3 is 15.3 Å². The van der Waals surface area contributed by atoms with Crippen LogP contribution >= 0.6 is 0 Å². The van der Waals surface area contributed by atoms with Crippen LogP contribution < -0.4 is 15.3 Å². The predicted octanol–water partition coefficient (Wildman–Crippen LogP) is -0.107. The monoisotopic (exact) mass is 347 g/mol. The Hall–Kier alpha value is -1.72. The lowest BCUT2D eigenvalue weighted by atomic mass is 10.2. The number of sulfonamides is 1. The predicted molar refractivity (Wildman–Crippen MR) is 81.6 cm³/mol. The molecule has 0 radical (unpaired) electrons. The number of carbonyl (C=O) groups excluding carboxylic acids is 1.